The Bertz CT molecular complexity index is 778. The molecule has 0 atom stereocenters. The van der Waals surface area contributed by atoms with E-state index in [9.17, 15) is 4.79 Å². The number of aryl methyl sites for hydroxylation is 1. The molecule has 0 radical (unpaired) electrons. The minimum Gasteiger partial charge on any atom is -0.461 e. The predicted octanol–water partition coefficient (Wildman–Crippen LogP) is 4.01. The van der Waals surface area contributed by atoms with E-state index in [-0.39, 0.29) is 5.91 Å². The number of hydrogen-bond donors (Lipinski definition) is 1. The second-order valence-electron chi connectivity index (χ2n) is 6.21. The Morgan fingerprint density at radius 1 is 1.08 bits per heavy atom. The van der Waals surface area contributed by atoms with Crippen molar-refractivity contribution in [1.82, 2.24) is 5.32 Å². The van der Waals surface area contributed by atoms with Crippen molar-refractivity contribution in [2.45, 2.75) is 19.3 Å². The highest BCUT2D eigenvalue weighted by molar-refractivity contribution is 5.78. The molecule has 4 heteroatoms. The number of carbonyl (C=O) groups is 1. The average Bonchev–Trinajstić information content (AvgIpc) is 3.07. The quantitative estimate of drug-likeness (QED) is 0.632. The van der Waals surface area contributed by atoms with E-state index < -0.39 is 0 Å². The first-order chi connectivity index (χ1) is 12.2. The van der Waals surface area contributed by atoms with Crippen molar-refractivity contribution in [1.29, 1.82) is 0 Å². The summed E-state index contributed by atoms with van der Waals surface area (Å²) in [4.78, 5) is 14.2. The van der Waals surface area contributed by atoms with Crippen molar-refractivity contribution in [3.05, 3.63) is 66.4 Å². The third-order valence-electron chi connectivity index (χ3n) is 4.26. The number of carbonyl (C=O) groups excluding carboxylic acids is 1. The summed E-state index contributed by atoms with van der Waals surface area (Å²) in [5, 5.41) is 4.07. The Labute approximate surface area is 148 Å². The molecule has 3 rings (SSSR count). The molecule has 1 aromatic heterocycles. The lowest BCUT2D eigenvalue weighted by atomic mass is 10.2. The van der Waals surface area contributed by atoms with Gasteiger partial charge in [0, 0.05) is 44.1 Å². The highest BCUT2D eigenvalue weighted by Gasteiger charge is 2.07. The summed E-state index contributed by atoms with van der Waals surface area (Å²) in [7, 11) is 2.07. The summed E-state index contributed by atoms with van der Waals surface area (Å²) in [6, 6.07) is 20.2. The lowest BCUT2D eigenvalue weighted by Crippen LogP contribution is -2.28. The van der Waals surface area contributed by atoms with Crippen LogP contribution in [0.15, 0.2) is 65.1 Å². The molecule has 1 amide bonds. The topological polar surface area (TPSA) is 45.5 Å². The van der Waals surface area contributed by atoms with Crippen LogP contribution in [0.25, 0.3) is 11.0 Å². The van der Waals surface area contributed by atoms with Gasteiger partial charge >= 0.3 is 0 Å². The SMILES string of the molecule is CN(CCCNC(=O)CCc1cc2ccccc2o1)c1ccccc1. The molecular weight excluding hydrogens is 312 g/mol. The van der Waals surface area contributed by atoms with Crippen molar-refractivity contribution in [3.63, 3.8) is 0 Å². The van der Waals surface area contributed by atoms with Gasteiger partial charge in [-0.25, -0.2) is 0 Å². The number of anilines is 1. The normalized spacial score (nSPS) is 10.8. The van der Waals surface area contributed by atoms with Gasteiger partial charge in [0.2, 0.25) is 5.91 Å². The molecule has 0 saturated heterocycles. The van der Waals surface area contributed by atoms with Crippen LogP contribution in [0, 0.1) is 0 Å². The van der Waals surface area contributed by atoms with Gasteiger partial charge < -0.3 is 14.6 Å². The Morgan fingerprint density at radius 2 is 1.84 bits per heavy atom. The molecule has 0 aliphatic rings. The molecule has 0 spiro atoms. The zero-order valence-electron chi connectivity index (χ0n) is 14.6. The average molecular weight is 336 g/mol. The van der Waals surface area contributed by atoms with E-state index in [4.69, 9.17) is 4.42 Å². The highest BCUT2D eigenvalue weighted by atomic mass is 16.3. The van der Waals surface area contributed by atoms with Gasteiger partial charge in [0.05, 0.1) is 0 Å². The molecule has 130 valence electrons. The van der Waals surface area contributed by atoms with E-state index in [2.05, 4.69) is 29.4 Å². The fourth-order valence-corrected chi connectivity index (χ4v) is 2.84. The fraction of sp³-hybridized carbons (Fsp3) is 0.286. The summed E-state index contributed by atoms with van der Waals surface area (Å²) in [6.45, 7) is 1.60. The molecule has 2 aromatic carbocycles. The molecule has 0 fully saturated rings. The molecule has 3 aromatic rings. The maximum absolute atomic E-state index is 12.0. The standard InChI is InChI=1S/C21H24N2O2/c1-23(18-9-3-2-4-10-18)15-7-14-22-21(24)13-12-19-16-17-8-5-6-11-20(17)25-19/h2-6,8-11,16H,7,12-15H2,1H3,(H,22,24). The van der Waals surface area contributed by atoms with Crippen LogP contribution in [0.5, 0.6) is 0 Å². The lowest BCUT2D eigenvalue weighted by molar-refractivity contribution is -0.121. The summed E-state index contributed by atoms with van der Waals surface area (Å²) in [5.41, 5.74) is 2.07. The zero-order chi connectivity index (χ0) is 17.5. The van der Waals surface area contributed by atoms with Crippen molar-refractivity contribution in [2.24, 2.45) is 0 Å². The van der Waals surface area contributed by atoms with Gasteiger partial charge in [0.25, 0.3) is 0 Å². The zero-order valence-corrected chi connectivity index (χ0v) is 14.6. The molecule has 0 saturated carbocycles. The Balaban J connectivity index is 1.35. The Morgan fingerprint density at radius 3 is 2.64 bits per heavy atom. The molecular formula is C21H24N2O2. The van der Waals surface area contributed by atoms with Crippen LogP contribution in [-0.4, -0.2) is 26.0 Å². The maximum Gasteiger partial charge on any atom is 0.220 e. The monoisotopic (exact) mass is 336 g/mol. The second-order valence-corrected chi connectivity index (χ2v) is 6.21. The first kappa shape index (κ1) is 17.1. The fourth-order valence-electron chi connectivity index (χ4n) is 2.84. The number of amides is 1. The number of furan rings is 1. The van der Waals surface area contributed by atoms with Gasteiger partial charge in [-0.2, -0.15) is 0 Å². The molecule has 0 unspecified atom stereocenters. The van der Waals surface area contributed by atoms with Crippen LogP contribution >= 0.6 is 0 Å². The summed E-state index contributed by atoms with van der Waals surface area (Å²) >= 11 is 0. The van der Waals surface area contributed by atoms with Crippen molar-refractivity contribution in [3.8, 4) is 0 Å². The summed E-state index contributed by atoms with van der Waals surface area (Å²) in [5.74, 6) is 0.933. The summed E-state index contributed by atoms with van der Waals surface area (Å²) < 4.78 is 5.74. The van der Waals surface area contributed by atoms with Gasteiger partial charge in [-0.3, -0.25) is 4.79 Å². The van der Waals surface area contributed by atoms with Crippen molar-refractivity contribution in [2.75, 3.05) is 25.0 Å². The van der Waals surface area contributed by atoms with Crippen LogP contribution in [0.2, 0.25) is 0 Å². The Kier molecular flexibility index (Phi) is 5.73. The smallest absolute Gasteiger partial charge is 0.220 e. The van der Waals surface area contributed by atoms with Crippen LogP contribution in [0.3, 0.4) is 0 Å². The highest BCUT2D eigenvalue weighted by Crippen LogP contribution is 2.19. The third-order valence-corrected chi connectivity index (χ3v) is 4.26. The molecule has 0 aliphatic heterocycles. The lowest BCUT2D eigenvalue weighted by Gasteiger charge is -2.19. The Hall–Kier alpha value is -2.75. The first-order valence-electron chi connectivity index (χ1n) is 8.73. The van der Waals surface area contributed by atoms with E-state index in [0.29, 0.717) is 19.4 Å². The second kappa shape index (κ2) is 8.38. The van der Waals surface area contributed by atoms with Crippen molar-refractivity contribution >= 4 is 22.6 Å². The van der Waals surface area contributed by atoms with Gasteiger partial charge in [0.15, 0.2) is 0 Å². The predicted molar refractivity (Wildman–Crippen MR) is 102 cm³/mol. The summed E-state index contributed by atoms with van der Waals surface area (Å²) in [6.07, 6.45) is 2.00. The van der Waals surface area contributed by atoms with Gasteiger partial charge in [0.1, 0.15) is 11.3 Å². The number of para-hydroxylation sites is 2. The maximum atomic E-state index is 12.0. The molecule has 4 nitrogen and oxygen atoms in total. The minimum atomic E-state index is 0.0721. The molecule has 0 bridgehead atoms. The number of fused-ring (bicyclic) bond motifs is 1. The molecule has 1 N–H and O–H groups in total. The third kappa shape index (κ3) is 4.86. The van der Waals surface area contributed by atoms with Crippen LogP contribution in [0.4, 0.5) is 5.69 Å². The number of nitrogens with one attached hydrogen (secondary N) is 1. The van der Waals surface area contributed by atoms with Crippen LogP contribution in [0.1, 0.15) is 18.6 Å². The number of benzene rings is 2. The number of rotatable bonds is 8. The minimum absolute atomic E-state index is 0.0721. The number of nitrogens with zero attached hydrogens (tertiary/aromatic N) is 1. The van der Waals surface area contributed by atoms with Crippen LogP contribution < -0.4 is 10.2 Å². The van der Waals surface area contributed by atoms with E-state index in [0.717, 1.165) is 29.7 Å². The molecule has 0 aliphatic carbocycles. The number of hydrogen-bond acceptors (Lipinski definition) is 3. The largest absolute Gasteiger partial charge is 0.461 e. The first-order valence-corrected chi connectivity index (χ1v) is 8.73. The van der Waals surface area contributed by atoms with Gasteiger partial charge in [-0.15, -0.1) is 0 Å². The van der Waals surface area contributed by atoms with E-state index in [1.807, 2.05) is 48.5 Å². The molecule has 1 heterocycles. The van der Waals surface area contributed by atoms with E-state index in [1.165, 1.54) is 5.69 Å². The molecule has 25 heavy (non-hydrogen) atoms. The van der Waals surface area contributed by atoms with Gasteiger partial charge in [-0.1, -0.05) is 36.4 Å². The van der Waals surface area contributed by atoms with E-state index in [1.54, 1.807) is 0 Å². The van der Waals surface area contributed by atoms with Gasteiger partial charge in [-0.05, 0) is 30.7 Å². The van der Waals surface area contributed by atoms with Crippen molar-refractivity contribution < 1.29 is 9.21 Å². The van der Waals surface area contributed by atoms with Crippen LogP contribution in [-0.2, 0) is 11.2 Å². The van der Waals surface area contributed by atoms with E-state index >= 15 is 0 Å².